The Kier molecular flexibility index (Phi) is 6.44. The van der Waals surface area contributed by atoms with Crippen molar-refractivity contribution in [3.05, 3.63) is 90.0 Å². The molecule has 180 valence electrons. The van der Waals surface area contributed by atoms with E-state index in [-0.39, 0.29) is 24.9 Å². The normalized spacial score (nSPS) is 12.6. The molecule has 1 aromatic heterocycles. The van der Waals surface area contributed by atoms with Crippen LogP contribution in [-0.4, -0.2) is 34.8 Å². The van der Waals surface area contributed by atoms with Crippen LogP contribution in [0, 0.1) is 0 Å². The number of azo groups is 1. The minimum absolute atomic E-state index is 0.125. The summed E-state index contributed by atoms with van der Waals surface area (Å²) >= 11 is 0. The fraction of sp³-hybridized carbons (Fsp3) is 0.111. The van der Waals surface area contributed by atoms with E-state index >= 15 is 0 Å². The van der Waals surface area contributed by atoms with Gasteiger partial charge >= 0.3 is 0 Å². The van der Waals surface area contributed by atoms with Gasteiger partial charge in [0.1, 0.15) is 6.54 Å². The van der Waals surface area contributed by atoms with Crippen LogP contribution in [0.3, 0.4) is 0 Å². The number of nitrogens with zero attached hydrogens (tertiary/aromatic N) is 3. The van der Waals surface area contributed by atoms with Gasteiger partial charge in [-0.25, -0.2) is 0 Å². The molecule has 0 atom stereocenters. The Balaban J connectivity index is 1.29. The number of nitrogens with one attached hydrogen (secondary N) is 1. The van der Waals surface area contributed by atoms with Crippen molar-refractivity contribution < 1.29 is 24.2 Å². The number of ether oxygens (including phenoxy) is 2. The van der Waals surface area contributed by atoms with Crippen molar-refractivity contribution in [3.8, 4) is 17.4 Å². The van der Waals surface area contributed by atoms with Crippen molar-refractivity contribution >= 4 is 34.5 Å². The first kappa shape index (κ1) is 22.9. The number of para-hydroxylation sites is 1. The van der Waals surface area contributed by atoms with Gasteiger partial charge < -0.3 is 24.5 Å². The van der Waals surface area contributed by atoms with Gasteiger partial charge in [-0.05, 0) is 35.4 Å². The fourth-order valence-corrected chi connectivity index (χ4v) is 3.85. The Morgan fingerprint density at radius 2 is 1.78 bits per heavy atom. The number of carbonyl (C=O) groups excluding carboxylic acids is 2. The highest BCUT2D eigenvalue weighted by Gasteiger charge is 2.19. The molecule has 36 heavy (non-hydrogen) atoms. The van der Waals surface area contributed by atoms with Crippen LogP contribution >= 0.6 is 0 Å². The topological polar surface area (TPSA) is 115 Å². The second-order valence-electron chi connectivity index (χ2n) is 8.02. The lowest BCUT2D eigenvalue weighted by atomic mass is 10.2. The predicted molar refractivity (Wildman–Crippen MR) is 133 cm³/mol. The standard InChI is InChI=1S/C27H22N4O5/c32-24(13-11-18-6-2-1-3-7-18)28-15-25(33)29-30-26-20-8-4-5-9-21(20)31(27(26)34)16-19-10-12-22-23(14-19)36-17-35-22/h1-14,34H,15-17H2,(H,28,32)/b13-11+,30-29?. The maximum Gasteiger partial charge on any atom is 0.283 e. The molecule has 1 aliphatic heterocycles. The molecule has 4 aromatic rings. The lowest BCUT2D eigenvalue weighted by molar-refractivity contribution is -0.122. The molecule has 2 amide bonds. The smallest absolute Gasteiger partial charge is 0.283 e. The zero-order chi connectivity index (χ0) is 24.9. The summed E-state index contributed by atoms with van der Waals surface area (Å²) in [6, 6.07) is 22.2. The van der Waals surface area contributed by atoms with E-state index in [0.29, 0.717) is 23.4 Å². The summed E-state index contributed by atoms with van der Waals surface area (Å²) in [6.45, 7) is 0.202. The van der Waals surface area contributed by atoms with Crippen molar-refractivity contribution in [2.45, 2.75) is 6.54 Å². The molecule has 0 saturated carbocycles. The summed E-state index contributed by atoms with van der Waals surface area (Å²) in [4.78, 5) is 24.2. The molecule has 2 heterocycles. The molecule has 0 bridgehead atoms. The van der Waals surface area contributed by atoms with Crippen molar-refractivity contribution in [2.24, 2.45) is 10.2 Å². The molecule has 2 N–H and O–H groups in total. The first-order valence-corrected chi connectivity index (χ1v) is 11.2. The van der Waals surface area contributed by atoms with Crippen molar-refractivity contribution in [1.82, 2.24) is 9.88 Å². The van der Waals surface area contributed by atoms with Gasteiger partial charge in [0, 0.05) is 11.5 Å². The van der Waals surface area contributed by atoms with Crippen LogP contribution in [0.4, 0.5) is 5.69 Å². The van der Waals surface area contributed by atoms with Crippen LogP contribution in [0.15, 0.2) is 89.1 Å². The van der Waals surface area contributed by atoms with E-state index in [2.05, 4.69) is 15.5 Å². The van der Waals surface area contributed by atoms with E-state index < -0.39 is 11.8 Å². The third-order valence-electron chi connectivity index (χ3n) is 5.60. The first-order chi connectivity index (χ1) is 17.6. The van der Waals surface area contributed by atoms with E-state index in [9.17, 15) is 14.7 Å². The number of aromatic nitrogens is 1. The van der Waals surface area contributed by atoms with Crippen LogP contribution in [0.2, 0.25) is 0 Å². The second-order valence-corrected chi connectivity index (χ2v) is 8.02. The summed E-state index contributed by atoms with van der Waals surface area (Å²) < 4.78 is 12.5. The van der Waals surface area contributed by atoms with Gasteiger partial charge in [-0.15, -0.1) is 10.2 Å². The molecule has 5 rings (SSSR count). The van der Waals surface area contributed by atoms with Crippen LogP contribution in [0.5, 0.6) is 17.4 Å². The molecular weight excluding hydrogens is 460 g/mol. The highest BCUT2D eigenvalue weighted by Crippen LogP contribution is 2.40. The van der Waals surface area contributed by atoms with Crippen molar-refractivity contribution in [2.75, 3.05) is 13.3 Å². The fourth-order valence-electron chi connectivity index (χ4n) is 3.85. The Labute approximate surface area is 206 Å². The molecule has 0 unspecified atom stereocenters. The lowest BCUT2D eigenvalue weighted by Gasteiger charge is -2.08. The van der Waals surface area contributed by atoms with Gasteiger partial charge in [0.2, 0.25) is 18.6 Å². The number of hydrogen-bond donors (Lipinski definition) is 2. The molecule has 0 fully saturated rings. The van der Waals surface area contributed by atoms with Crippen LogP contribution in [0.1, 0.15) is 11.1 Å². The summed E-state index contributed by atoms with van der Waals surface area (Å²) in [5, 5.41) is 21.8. The molecule has 9 nitrogen and oxygen atoms in total. The van der Waals surface area contributed by atoms with E-state index in [1.165, 1.54) is 6.08 Å². The van der Waals surface area contributed by atoms with Gasteiger partial charge in [0.15, 0.2) is 17.2 Å². The Morgan fingerprint density at radius 1 is 1.00 bits per heavy atom. The molecular formula is C27H22N4O5. The number of carbonyl (C=O) groups is 2. The zero-order valence-electron chi connectivity index (χ0n) is 19.1. The molecule has 0 saturated heterocycles. The van der Waals surface area contributed by atoms with Crippen LogP contribution < -0.4 is 14.8 Å². The minimum atomic E-state index is -0.650. The van der Waals surface area contributed by atoms with Crippen molar-refractivity contribution in [3.63, 3.8) is 0 Å². The van der Waals surface area contributed by atoms with Gasteiger partial charge in [0.05, 0.1) is 12.1 Å². The van der Waals surface area contributed by atoms with E-state index in [1.54, 1.807) is 16.7 Å². The highest BCUT2D eigenvalue weighted by molar-refractivity contribution is 5.96. The van der Waals surface area contributed by atoms with Gasteiger partial charge in [0.25, 0.3) is 5.91 Å². The summed E-state index contributed by atoms with van der Waals surface area (Å²) in [5.74, 6) is 0.125. The number of fused-ring (bicyclic) bond motifs is 2. The summed E-state index contributed by atoms with van der Waals surface area (Å²) in [7, 11) is 0. The average molecular weight is 482 g/mol. The summed E-state index contributed by atoms with van der Waals surface area (Å²) in [5.41, 5.74) is 2.66. The number of hydrogen-bond acceptors (Lipinski definition) is 6. The van der Waals surface area contributed by atoms with Gasteiger partial charge in [-0.3, -0.25) is 9.59 Å². The molecule has 0 spiro atoms. The lowest BCUT2D eigenvalue weighted by Crippen LogP contribution is -2.26. The SMILES string of the molecule is O=C(CNC(=O)/C=C/c1ccccc1)N=Nc1c(O)n(Cc2ccc3c(c2)OCO3)c2ccccc12. The number of aromatic hydroxyl groups is 1. The number of benzene rings is 3. The molecule has 9 heteroatoms. The molecule has 0 radical (unpaired) electrons. The maximum atomic E-state index is 12.2. The Morgan fingerprint density at radius 3 is 2.64 bits per heavy atom. The van der Waals surface area contributed by atoms with Crippen LogP contribution in [0.25, 0.3) is 17.0 Å². The molecule has 1 aliphatic rings. The first-order valence-electron chi connectivity index (χ1n) is 11.2. The monoisotopic (exact) mass is 482 g/mol. The van der Waals surface area contributed by atoms with E-state index in [0.717, 1.165) is 16.6 Å². The molecule has 0 aliphatic carbocycles. The highest BCUT2D eigenvalue weighted by atomic mass is 16.7. The largest absolute Gasteiger partial charge is 0.493 e. The summed E-state index contributed by atoms with van der Waals surface area (Å²) in [6.07, 6.45) is 2.99. The second kappa shape index (κ2) is 10.1. The van der Waals surface area contributed by atoms with Gasteiger partial charge in [-0.1, -0.05) is 54.6 Å². The Hall–Kier alpha value is -4.92. The van der Waals surface area contributed by atoms with Crippen molar-refractivity contribution in [1.29, 1.82) is 0 Å². The predicted octanol–water partition coefficient (Wildman–Crippen LogP) is 4.56. The quantitative estimate of drug-likeness (QED) is 0.296. The zero-order valence-corrected chi connectivity index (χ0v) is 19.1. The molecule has 3 aromatic carbocycles. The van der Waals surface area contributed by atoms with Crippen LogP contribution in [-0.2, 0) is 16.1 Å². The van der Waals surface area contributed by atoms with E-state index in [4.69, 9.17) is 9.47 Å². The Bertz CT molecular complexity index is 1490. The van der Waals surface area contributed by atoms with E-state index in [1.807, 2.05) is 66.7 Å². The maximum absolute atomic E-state index is 12.2. The third kappa shape index (κ3) is 4.95. The third-order valence-corrected chi connectivity index (χ3v) is 5.60. The average Bonchev–Trinajstić information content (AvgIpc) is 3.48. The number of amides is 2. The minimum Gasteiger partial charge on any atom is -0.493 e. The van der Waals surface area contributed by atoms with Gasteiger partial charge in [-0.2, -0.15) is 0 Å². The number of rotatable bonds is 7.